The molecular formula is C46H45ClF5N9O5. The Morgan fingerprint density at radius 2 is 1.68 bits per heavy atom. The van der Waals surface area contributed by atoms with Crippen molar-refractivity contribution in [2.24, 2.45) is 21.7 Å². The molecule has 9 rings (SSSR count). The van der Waals surface area contributed by atoms with Gasteiger partial charge in [-0.2, -0.15) is 46.7 Å². The molecule has 3 heterocycles. The van der Waals surface area contributed by atoms with Crippen LogP contribution in [-0.4, -0.2) is 71.4 Å². The molecule has 1 N–H and O–H groups in total. The summed E-state index contributed by atoms with van der Waals surface area (Å²) in [6.07, 6.45) is -0.641. The minimum atomic E-state index is -4.66. The number of guanidine groups is 1. The van der Waals surface area contributed by atoms with E-state index >= 15 is 4.79 Å². The zero-order chi connectivity index (χ0) is 46.6. The molecule has 20 heteroatoms. The third kappa shape index (κ3) is 9.00. The van der Waals surface area contributed by atoms with Gasteiger partial charge in [-0.05, 0) is 85.1 Å². The molecule has 0 unspecified atom stereocenters. The first-order valence-corrected chi connectivity index (χ1v) is 22.0. The summed E-state index contributed by atoms with van der Waals surface area (Å²) in [5, 5.41) is 15.3. The molecule has 346 valence electrons. The van der Waals surface area contributed by atoms with E-state index in [0.29, 0.717) is 21.5 Å². The standard InChI is InChI=1S/C46H45ClF5N9O5/c1-43(2,30-13-14-30)25-45(31-11-8-28(9-12-31)35-22-54-61(58-35)32-15-16-32)39(63)59(41(57-45)56-42(64)66-23-27-6-4-3-5-7-27)36(24-65-37(62)21-44(18-19-44)46(50,51)52)29-10-17-34(47)33(20-29)38-53-26-55-60(38)40(48)49/h3-12,17,20,22,26,30,32,36,40H,13-16,18-19,21,23-25H2,1-2H3,(H,56,57,64)/t36-,45-/m1/s1. The van der Waals surface area contributed by atoms with Crippen molar-refractivity contribution < 1.29 is 45.8 Å². The Kier molecular flexibility index (Phi) is 11.7. The first-order valence-electron chi connectivity index (χ1n) is 21.6. The lowest BCUT2D eigenvalue weighted by Gasteiger charge is -2.36. The summed E-state index contributed by atoms with van der Waals surface area (Å²) in [4.78, 5) is 55.0. The Labute approximate surface area is 380 Å². The first kappa shape index (κ1) is 44.9. The minimum Gasteiger partial charge on any atom is -0.463 e. The van der Waals surface area contributed by atoms with Gasteiger partial charge in [-0.15, -0.1) is 0 Å². The lowest BCUT2D eigenvalue weighted by molar-refractivity contribution is -0.195. The lowest BCUT2D eigenvalue weighted by Crippen LogP contribution is -2.50. The number of benzene rings is 3. The zero-order valence-corrected chi connectivity index (χ0v) is 36.6. The van der Waals surface area contributed by atoms with E-state index in [1.54, 1.807) is 65.6 Å². The van der Waals surface area contributed by atoms with Crippen LogP contribution < -0.4 is 5.32 Å². The molecule has 0 saturated heterocycles. The fraction of sp³-hybridized carbons (Fsp3) is 0.435. The van der Waals surface area contributed by atoms with Crippen LogP contribution in [0.2, 0.25) is 5.02 Å². The Balaban J connectivity index is 1.15. The average molecular weight is 934 g/mol. The van der Waals surface area contributed by atoms with Crippen molar-refractivity contribution in [3.8, 4) is 22.6 Å². The quantitative estimate of drug-likeness (QED) is 0.0751. The van der Waals surface area contributed by atoms with Crippen molar-refractivity contribution in [2.75, 3.05) is 6.61 Å². The summed E-state index contributed by atoms with van der Waals surface area (Å²) in [7, 11) is 0. The van der Waals surface area contributed by atoms with E-state index in [1.165, 1.54) is 18.2 Å². The van der Waals surface area contributed by atoms with Crippen LogP contribution in [0, 0.1) is 16.7 Å². The second kappa shape index (κ2) is 17.2. The molecule has 4 aliphatic rings. The maximum atomic E-state index is 15.9. The molecule has 3 aliphatic carbocycles. The third-order valence-electron chi connectivity index (χ3n) is 13.0. The van der Waals surface area contributed by atoms with Gasteiger partial charge in [0.1, 0.15) is 25.2 Å². The molecule has 3 saturated carbocycles. The summed E-state index contributed by atoms with van der Waals surface area (Å²) < 4.78 is 82.1. The Hall–Kier alpha value is -6.24. The fourth-order valence-electron chi connectivity index (χ4n) is 8.72. The van der Waals surface area contributed by atoms with Crippen molar-refractivity contribution in [3.05, 3.63) is 107 Å². The van der Waals surface area contributed by atoms with Crippen LogP contribution >= 0.6 is 11.6 Å². The van der Waals surface area contributed by atoms with Gasteiger partial charge in [0.15, 0.2) is 11.4 Å². The molecule has 3 fully saturated rings. The molecule has 5 aromatic rings. The molecule has 66 heavy (non-hydrogen) atoms. The largest absolute Gasteiger partial charge is 0.463 e. The van der Waals surface area contributed by atoms with Gasteiger partial charge in [0, 0.05) is 11.1 Å². The van der Waals surface area contributed by atoms with Crippen LogP contribution in [0.25, 0.3) is 22.6 Å². The number of rotatable bonds is 16. The highest BCUT2D eigenvalue weighted by molar-refractivity contribution is 6.33. The van der Waals surface area contributed by atoms with Crippen LogP contribution in [0.4, 0.5) is 26.7 Å². The topological polar surface area (TPSA) is 159 Å². The van der Waals surface area contributed by atoms with E-state index in [0.717, 1.165) is 42.5 Å². The van der Waals surface area contributed by atoms with E-state index < -0.39 is 66.1 Å². The number of nitrogens with one attached hydrogen (secondary N) is 1. The van der Waals surface area contributed by atoms with Gasteiger partial charge < -0.3 is 9.47 Å². The summed E-state index contributed by atoms with van der Waals surface area (Å²) in [5.74, 6) is -2.29. The smallest absolute Gasteiger partial charge is 0.414 e. The van der Waals surface area contributed by atoms with Gasteiger partial charge in [0.05, 0.1) is 35.1 Å². The number of carbonyl (C=O) groups excluding carboxylic acids is 3. The van der Waals surface area contributed by atoms with Gasteiger partial charge in [-0.3, -0.25) is 19.8 Å². The van der Waals surface area contributed by atoms with Gasteiger partial charge >= 0.3 is 24.8 Å². The number of aromatic nitrogens is 6. The number of ether oxygens (including phenoxy) is 2. The van der Waals surface area contributed by atoms with E-state index in [9.17, 15) is 31.5 Å². The van der Waals surface area contributed by atoms with E-state index in [-0.39, 0.29) is 65.8 Å². The highest BCUT2D eigenvalue weighted by Gasteiger charge is 2.64. The Morgan fingerprint density at radius 3 is 2.33 bits per heavy atom. The third-order valence-corrected chi connectivity index (χ3v) is 13.3. The van der Waals surface area contributed by atoms with Crippen molar-refractivity contribution >= 4 is 35.5 Å². The molecule has 0 bridgehead atoms. The second-order valence-corrected chi connectivity index (χ2v) is 18.6. The average Bonchev–Trinajstić information content (AvgIpc) is 4.25. The van der Waals surface area contributed by atoms with E-state index in [1.807, 2.05) is 13.8 Å². The summed E-state index contributed by atoms with van der Waals surface area (Å²) in [5.41, 5.74) is -1.99. The van der Waals surface area contributed by atoms with E-state index in [2.05, 4.69) is 25.6 Å². The van der Waals surface area contributed by atoms with Crippen LogP contribution in [0.5, 0.6) is 0 Å². The number of nitrogens with zero attached hydrogens (tertiary/aromatic N) is 8. The predicted octanol–water partition coefficient (Wildman–Crippen LogP) is 9.75. The zero-order valence-electron chi connectivity index (χ0n) is 35.9. The number of aliphatic imine (C=N–C) groups is 1. The van der Waals surface area contributed by atoms with Crippen molar-refractivity contribution in [1.29, 1.82) is 0 Å². The van der Waals surface area contributed by atoms with Crippen molar-refractivity contribution in [1.82, 2.24) is 40.0 Å². The number of carbonyl (C=O) groups is 3. The van der Waals surface area contributed by atoms with Crippen molar-refractivity contribution in [3.63, 3.8) is 0 Å². The number of alkyl halides is 5. The molecule has 3 aromatic carbocycles. The predicted molar refractivity (Wildman–Crippen MR) is 228 cm³/mol. The van der Waals surface area contributed by atoms with Crippen LogP contribution in [0.15, 0.2) is 90.3 Å². The number of halogens is 6. The van der Waals surface area contributed by atoms with Gasteiger partial charge in [-0.1, -0.05) is 86.1 Å². The summed E-state index contributed by atoms with van der Waals surface area (Å²) in [6, 6.07) is 18.9. The summed E-state index contributed by atoms with van der Waals surface area (Å²) in [6.45, 7) is 0.0235. The molecular weight excluding hydrogens is 889 g/mol. The normalized spacial score (nSPS) is 19.7. The van der Waals surface area contributed by atoms with Crippen LogP contribution in [0.3, 0.4) is 0 Å². The minimum absolute atomic E-state index is 0.0349. The number of esters is 1. The number of hydrogen-bond donors (Lipinski definition) is 1. The van der Waals surface area contributed by atoms with Crippen LogP contribution in [-0.2, 0) is 31.2 Å². The Morgan fingerprint density at radius 1 is 0.955 bits per heavy atom. The Bertz CT molecular complexity index is 2660. The van der Waals surface area contributed by atoms with E-state index in [4.69, 9.17) is 26.1 Å². The number of alkyl carbamates (subject to hydrolysis) is 1. The molecule has 0 radical (unpaired) electrons. The van der Waals surface area contributed by atoms with Crippen LogP contribution in [0.1, 0.15) is 101 Å². The number of amides is 2. The van der Waals surface area contributed by atoms with Gasteiger partial charge in [0.2, 0.25) is 5.96 Å². The van der Waals surface area contributed by atoms with Crippen molar-refractivity contribution in [2.45, 2.75) is 102 Å². The highest BCUT2D eigenvalue weighted by atomic mass is 35.5. The molecule has 2 aromatic heterocycles. The SMILES string of the molecule is CC(C)(C[C@]1(c2ccc(-c3cnn(C4CC4)n3)cc2)N=C(NC(=O)OCc2ccccc2)N([C@H](COC(=O)CC2(C(F)(F)F)CC2)c2ccc(Cl)c(-c3ncnn3C(F)F)c2)C1=O)C1CC1. The molecule has 14 nitrogen and oxygen atoms in total. The fourth-order valence-corrected chi connectivity index (χ4v) is 8.93. The first-order chi connectivity index (χ1) is 31.5. The highest BCUT2D eigenvalue weighted by Crippen LogP contribution is 2.60. The maximum Gasteiger partial charge on any atom is 0.414 e. The lowest BCUT2D eigenvalue weighted by atomic mass is 9.72. The molecule has 0 spiro atoms. The maximum absolute atomic E-state index is 15.9. The summed E-state index contributed by atoms with van der Waals surface area (Å²) >= 11 is 6.59. The van der Waals surface area contributed by atoms with Gasteiger partial charge in [-0.25, -0.2) is 14.8 Å². The van der Waals surface area contributed by atoms with Gasteiger partial charge in [0.25, 0.3) is 5.91 Å². The molecule has 1 aliphatic heterocycles. The molecule has 2 atom stereocenters. The monoisotopic (exact) mass is 933 g/mol. The second-order valence-electron chi connectivity index (χ2n) is 18.2. The number of hydrogen-bond acceptors (Lipinski definition) is 10. The molecule has 2 amide bonds.